The minimum absolute atomic E-state index is 0.188. The fraction of sp³-hybridized carbons (Fsp3) is 0.400. The summed E-state index contributed by atoms with van der Waals surface area (Å²) in [5.74, 6) is 2.70. The lowest BCUT2D eigenvalue weighted by Crippen LogP contribution is -2.13. The summed E-state index contributed by atoms with van der Waals surface area (Å²) in [5.41, 5.74) is 2.48. The van der Waals surface area contributed by atoms with E-state index in [1.807, 2.05) is 24.3 Å². The minimum Gasteiger partial charge on any atom is -0.504 e. The summed E-state index contributed by atoms with van der Waals surface area (Å²) >= 11 is 0. The fourth-order valence-electron chi connectivity index (χ4n) is 2.79. The lowest BCUT2D eigenvalue weighted by molar-refractivity contribution is 0.367. The summed E-state index contributed by atoms with van der Waals surface area (Å²) < 4.78 is 10.5. The van der Waals surface area contributed by atoms with E-state index in [9.17, 15) is 5.11 Å². The van der Waals surface area contributed by atoms with Crippen molar-refractivity contribution >= 4 is 0 Å². The molecule has 0 aliphatic rings. The van der Waals surface area contributed by atoms with Crippen LogP contribution in [0.1, 0.15) is 25.0 Å². The molecule has 3 heteroatoms. The van der Waals surface area contributed by atoms with Crippen LogP contribution in [0.3, 0.4) is 0 Å². The highest BCUT2D eigenvalue weighted by molar-refractivity contribution is 5.41. The van der Waals surface area contributed by atoms with Gasteiger partial charge in [-0.3, -0.25) is 0 Å². The Morgan fingerprint density at radius 3 is 2.13 bits per heavy atom. The van der Waals surface area contributed by atoms with Crippen molar-refractivity contribution in [2.75, 3.05) is 14.2 Å². The van der Waals surface area contributed by atoms with Crippen molar-refractivity contribution in [3.8, 4) is 17.2 Å². The molecule has 0 amide bonds. The van der Waals surface area contributed by atoms with Crippen molar-refractivity contribution in [3.63, 3.8) is 0 Å². The van der Waals surface area contributed by atoms with E-state index < -0.39 is 0 Å². The Labute approximate surface area is 138 Å². The van der Waals surface area contributed by atoms with Crippen LogP contribution in [-0.2, 0) is 12.8 Å². The Morgan fingerprint density at radius 1 is 0.870 bits per heavy atom. The Hall–Kier alpha value is -2.16. The molecule has 0 spiro atoms. The third kappa shape index (κ3) is 4.65. The molecule has 124 valence electrons. The topological polar surface area (TPSA) is 38.7 Å². The monoisotopic (exact) mass is 314 g/mol. The van der Waals surface area contributed by atoms with Gasteiger partial charge < -0.3 is 14.6 Å². The van der Waals surface area contributed by atoms with Crippen LogP contribution in [-0.4, -0.2) is 19.3 Å². The largest absolute Gasteiger partial charge is 0.504 e. The second kappa shape index (κ2) is 7.91. The molecule has 2 aromatic carbocycles. The van der Waals surface area contributed by atoms with Crippen LogP contribution in [0, 0.1) is 11.8 Å². The van der Waals surface area contributed by atoms with E-state index in [0.29, 0.717) is 17.6 Å². The van der Waals surface area contributed by atoms with Gasteiger partial charge in [-0.05, 0) is 60.1 Å². The standard InChI is InChI=1S/C20H26O3/c1-14(10-16-6-5-7-18(12-16)22-3)15(2)11-17-8-9-19(21)20(13-17)23-4/h5-9,12-15,21H,10-11H2,1-4H3. The normalized spacial score (nSPS) is 13.4. The van der Waals surface area contributed by atoms with Crippen LogP contribution in [0.5, 0.6) is 17.2 Å². The van der Waals surface area contributed by atoms with E-state index in [1.54, 1.807) is 20.3 Å². The van der Waals surface area contributed by atoms with Gasteiger partial charge in [0, 0.05) is 0 Å². The number of phenolic OH excluding ortho intramolecular Hbond substituents is 1. The summed E-state index contributed by atoms with van der Waals surface area (Å²) in [5, 5.41) is 9.69. The smallest absolute Gasteiger partial charge is 0.160 e. The van der Waals surface area contributed by atoms with Gasteiger partial charge in [0.25, 0.3) is 0 Å². The molecule has 0 bridgehead atoms. The maximum absolute atomic E-state index is 9.69. The highest BCUT2D eigenvalue weighted by Gasteiger charge is 2.15. The number of benzene rings is 2. The van der Waals surface area contributed by atoms with Gasteiger partial charge >= 0.3 is 0 Å². The lowest BCUT2D eigenvalue weighted by atomic mass is 9.85. The van der Waals surface area contributed by atoms with E-state index in [4.69, 9.17) is 9.47 Å². The van der Waals surface area contributed by atoms with Crippen molar-refractivity contribution in [1.29, 1.82) is 0 Å². The zero-order valence-corrected chi connectivity index (χ0v) is 14.4. The molecule has 0 saturated heterocycles. The molecule has 0 aliphatic heterocycles. The minimum atomic E-state index is 0.188. The zero-order valence-electron chi connectivity index (χ0n) is 14.4. The number of aromatic hydroxyl groups is 1. The van der Waals surface area contributed by atoms with Crippen LogP contribution in [0.25, 0.3) is 0 Å². The SMILES string of the molecule is COc1cccc(CC(C)C(C)Cc2ccc(O)c(OC)c2)c1. The number of phenols is 1. The van der Waals surface area contributed by atoms with E-state index in [1.165, 1.54) is 11.1 Å². The van der Waals surface area contributed by atoms with Gasteiger partial charge in [-0.1, -0.05) is 32.0 Å². The molecule has 0 aliphatic carbocycles. The third-order valence-electron chi connectivity index (χ3n) is 4.47. The Morgan fingerprint density at radius 2 is 1.52 bits per heavy atom. The first-order valence-electron chi connectivity index (χ1n) is 8.02. The van der Waals surface area contributed by atoms with Gasteiger partial charge in [-0.25, -0.2) is 0 Å². The first-order valence-corrected chi connectivity index (χ1v) is 8.02. The van der Waals surface area contributed by atoms with Crippen molar-refractivity contribution < 1.29 is 14.6 Å². The van der Waals surface area contributed by atoms with Crippen molar-refractivity contribution in [3.05, 3.63) is 53.6 Å². The molecular formula is C20H26O3. The first-order chi connectivity index (χ1) is 11.0. The number of methoxy groups -OCH3 is 2. The summed E-state index contributed by atoms with van der Waals surface area (Å²) in [6.07, 6.45) is 1.98. The molecular weight excluding hydrogens is 288 g/mol. The molecule has 0 heterocycles. The van der Waals surface area contributed by atoms with E-state index in [-0.39, 0.29) is 5.75 Å². The number of hydrogen-bond acceptors (Lipinski definition) is 3. The fourth-order valence-corrected chi connectivity index (χ4v) is 2.79. The van der Waals surface area contributed by atoms with Gasteiger partial charge in [0.15, 0.2) is 11.5 Å². The summed E-state index contributed by atoms with van der Waals surface area (Å²) in [6, 6.07) is 13.9. The maximum atomic E-state index is 9.69. The van der Waals surface area contributed by atoms with Crippen molar-refractivity contribution in [1.82, 2.24) is 0 Å². The van der Waals surface area contributed by atoms with Gasteiger partial charge in [0.1, 0.15) is 5.75 Å². The first kappa shape index (κ1) is 17.2. The number of rotatable bonds is 7. The Kier molecular flexibility index (Phi) is 5.91. The molecule has 2 aromatic rings. The molecule has 23 heavy (non-hydrogen) atoms. The summed E-state index contributed by atoms with van der Waals surface area (Å²) in [6.45, 7) is 4.55. The van der Waals surface area contributed by atoms with Gasteiger partial charge in [0.2, 0.25) is 0 Å². The van der Waals surface area contributed by atoms with Crippen LogP contribution in [0.2, 0.25) is 0 Å². The molecule has 0 fully saturated rings. The molecule has 0 radical (unpaired) electrons. The second-order valence-electron chi connectivity index (χ2n) is 6.22. The molecule has 3 nitrogen and oxygen atoms in total. The predicted octanol–water partition coefficient (Wildman–Crippen LogP) is 4.47. The molecule has 2 unspecified atom stereocenters. The number of hydrogen-bond donors (Lipinski definition) is 1. The van der Waals surface area contributed by atoms with Crippen LogP contribution in [0.4, 0.5) is 0 Å². The average molecular weight is 314 g/mol. The van der Waals surface area contributed by atoms with Gasteiger partial charge in [0.05, 0.1) is 14.2 Å². The van der Waals surface area contributed by atoms with E-state index in [2.05, 4.69) is 26.0 Å². The highest BCUT2D eigenvalue weighted by Crippen LogP contribution is 2.29. The second-order valence-corrected chi connectivity index (χ2v) is 6.22. The molecule has 2 atom stereocenters. The van der Waals surface area contributed by atoms with Crippen molar-refractivity contribution in [2.24, 2.45) is 11.8 Å². The van der Waals surface area contributed by atoms with Gasteiger partial charge in [-0.2, -0.15) is 0 Å². The van der Waals surface area contributed by atoms with Crippen LogP contribution in [0.15, 0.2) is 42.5 Å². The summed E-state index contributed by atoms with van der Waals surface area (Å²) in [7, 11) is 3.27. The molecule has 0 aromatic heterocycles. The molecule has 1 N–H and O–H groups in total. The van der Waals surface area contributed by atoms with E-state index >= 15 is 0 Å². The average Bonchev–Trinajstić information content (AvgIpc) is 2.56. The molecule has 0 saturated carbocycles. The lowest BCUT2D eigenvalue weighted by Gasteiger charge is -2.21. The van der Waals surface area contributed by atoms with E-state index in [0.717, 1.165) is 18.6 Å². The van der Waals surface area contributed by atoms with Crippen LogP contribution >= 0.6 is 0 Å². The van der Waals surface area contributed by atoms with Crippen molar-refractivity contribution in [2.45, 2.75) is 26.7 Å². The van der Waals surface area contributed by atoms with Gasteiger partial charge in [-0.15, -0.1) is 0 Å². The zero-order chi connectivity index (χ0) is 16.8. The molecule has 2 rings (SSSR count). The third-order valence-corrected chi connectivity index (χ3v) is 4.47. The number of ether oxygens (including phenoxy) is 2. The maximum Gasteiger partial charge on any atom is 0.160 e. The Bertz CT molecular complexity index is 637. The predicted molar refractivity (Wildman–Crippen MR) is 93.4 cm³/mol. The highest BCUT2D eigenvalue weighted by atomic mass is 16.5. The Balaban J connectivity index is 2.00. The quantitative estimate of drug-likeness (QED) is 0.819. The summed E-state index contributed by atoms with van der Waals surface area (Å²) in [4.78, 5) is 0. The van der Waals surface area contributed by atoms with Crippen LogP contribution < -0.4 is 9.47 Å².